The van der Waals surface area contributed by atoms with Gasteiger partial charge in [0.05, 0.1) is 0 Å². The molecule has 0 bridgehead atoms. The van der Waals surface area contributed by atoms with Crippen molar-refractivity contribution in [1.82, 2.24) is 0 Å². The second-order valence-electron chi connectivity index (χ2n) is 4.84. The van der Waals surface area contributed by atoms with Gasteiger partial charge in [-0.15, -0.1) is 0 Å². The molecule has 102 valence electrons. The van der Waals surface area contributed by atoms with E-state index in [4.69, 9.17) is 3.07 Å². The quantitative estimate of drug-likeness (QED) is 0.500. The highest BCUT2D eigenvalue weighted by atomic mass is 127. The van der Waals surface area contributed by atoms with Gasteiger partial charge in [0.15, 0.2) is 23.0 Å². The van der Waals surface area contributed by atoms with E-state index in [1.165, 1.54) is 32.1 Å². The summed E-state index contributed by atoms with van der Waals surface area (Å²) >= 11 is 1.89. The average Bonchev–Trinajstić information content (AvgIpc) is 2.36. The second-order valence-corrected chi connectivity index (χ2v) is 5.28. The van der Waals surface area contributed by atoms with Gasteiger partial charge in [0.2, 0.25) is 0 Å². The summed E-state index contributed by atoms with van der Waals surface area (Å²) in [5.74, 6) is 1.26. The van der Waals surface area contributed by atoms with Crippen LogP contribution in [0.4, 0.5) is 0 Å². The Morgan fingerprint density at radius 2 is 1.78 bits per heavy atom. The van der Waals surface area contributed by atoms with Crippen LogP contribution in [0, 0.1) is 6.92 Å². The number of phenolic OH excluding ortho intramolecular Hbond substituents is 1. The van der Waals surface area contributed by atoms with Crippen molar-refractivity contribution in [2.24, 2.45) is 0 Å². The molecule has 1 aromatic carbocycles. The van der Waals surface area contributed by atoms with Gasteiger partial charge in [-0.1, -0.05) is 39.0 Å². The van der Waals surface area contributed by atoms with Gasteiger partial charge < -0.3 is 8.17 Å². The minimum atomic E-state index is 0.401. The van der Waals surface area contributed by atoms with Crippen LogP contribution in [0.5, 0.6) is 11.5 Å². The number of unbranched alkanes of at least 4 members (excludes halogenated alkanes) is 5. The molecule has 0 fully saturated rings. The molecule has 0 radical (unpaired) electrons. The molecule has 0 spiro atoms. The van der Waals surface area contributed by atoms with Crippen LogP contribution in [0.25, 0.3) is 0 Å². The number of aryl methyl sites for hydroxylation is 2. The van der Waals surface area contributed by atoms with Crippen molar-refractivity contribution in [2.75, 3.05) is 0 Å². The van der Waals surface area contributed by atoms with Gasteiger partial charge in [0, 0.05) is 0 Å². The predicted octanol–water partition coefficient (Wildman–Crippen LogP) is 5.33. The molecule has 18 heavy (non-hydrogen) atoms. The number of halogens is 1. The van der Waals surface area contributed by atoms with Crippen LogP contribution in [0.1, 0.15) is 56.6 Å². The number of aromatic hydroxyl groups is 1. The van der Waals surface area contributed by atoms with Crippen molar-refractivity contribution >= 4 is 23.0 Å². The maximum absolute atomic E-state index is 9.89. The molecule has 0 aliphatic heterocycles. The van der Waals surface area contributed by atoms with E-state index in [0.29, 0.717) is 5.75 Å². The molecule has 0 aliphatic carbocycles. The molecule has 0 saturated heterocycles. The lowest BCUT2D eigenvalue weighted by Crippen LogP contribution is -1.90. The van der Waals surface area contributed by atoms with Gasteiger partial charge in [-0.05, 0) is 43.0 Å². The first-order valence-electron chi connectivity index (χ1n) is 6.80. The molecule has 0 atom stereocenters. The zero-order valence-electron chi connectivity index (χ0n) is 11.3. The highest BCUT2D eigenvalue weighted by Crippen LogP contribution is 2.29. The first-order valence-corrected chi connectivity index (χ1v) is 7.68. The fourth-order valence-corrected chi connectivity index (χ4v) is 2.57. The average molecular weight is 362 g/mol. The Morgan fingerprint density at radius 1 is 1.11 bits per heavy atom. The molecule has 1 N–H and O–H groups in total. The molecule has 0 amide bonds. The monoisotopic (exact) mass is 362 g/mol. The summed E-state index contributed by atoms with van der Waals surface area (Å²) in [6.07, 6.45) is 8.58. The number of benzene rings is 1. The van der Waals surface area contributed by atoms with Crippen LogP contribution in [-0.4, -0.2) is 5.11 Å². The molecule has 0 aliphatic rings. The summed E-state index contributed by atoms with van der Waals surface area (Å²) in [5, 5.41) is 9.89. The molecular weight excluding hydrogens is 339 g/mol. The molecule has 1 rings (SSSR count). The third-order valence-electron chi connectivity index (χ3n) is 3.26. The number of hydrogen-bond acceptors (Lipinski definition) is 2. The van der Waals surface area contributed by atoms with Crippen molar-refractivity contribution in [3.8, 4) is 11.5 Å². The van der Waals surface area contributed by atoms with Crippen molar-refractivity contribution in [1.29, 1.82) is 0 Å². The van der Waals surface area contributed by atoms with Crippen LogP contribution >= 0.6 is 23.0 Å². The summed E-state index contributed by atoms with van der Waals surface area (Å²) in [7, 11) is 0. The number of rotatable bonds is 8. The maximum atomic E-state index is 9.89. The van der Waals surface area contributed by atoms with E-state index in [0.717, 1.165) is 29.7 Å². The lowest BCUT2D eigenvalue weighted by molar-refractivity contribution is 0.464. The zero-order chi connectivity index (χ0) is 13.4. The second kappa shape index (κ2) is 8.62. The van der Waals surface area contributed by atoms with Crippen LogP contribution in [-0.2, 0) is 6.42 Å². The summed E-state index contributed by atoms with van der Waals surface area (Å²) in [5.41, 5.74) is 1.98. The Balaban J connectivity index is 2.42. The molecule has 0 aromatic heterocycles. The van der Waals surface area contributed by atoms with Crippen molar-refractivity contribution in [3.63, 3.8) is 0 Å². The Morgan fingerprint density at radius 3 is 2.44 bits per heavy atom. The van der Waals surface area contributed by atoms with E-state index < -0.39 is 0 Å². The minimum absolute atomic E-state index is 0.401. The van der Waals surface area contributed by atoms with Gasteiger partial charge >= 0.3 is 0 Å². The smallest absolute Gasteiger partial charge is 0.192 e. The summed E-state index contributed by atoms with van der Waals surface area (Å²) in [6, 6.07) is 3.75. The molecule has 3 heteroatoms. The summed E-state index contributed by atoms with van der Waals surface area (Å²) in [6.45, 7) is 4.18. The van der Waals surface area contributed by atoms with Gasteiger partial charge in [0.1, 0.15) is 11.5 Å². The van der Waals surface area contributed by atoms with Gasteiger partial charge in [-0.3, -0.25) is 0 Å². The molecule has 0 saturated carbocycles. The minimum Gasteiger partial charge on any atom is -0.508 e. The Labute approximate surface area is 124 Å². The largest absolute Gasteiger partial charge is 0.508 e. The van der Waals surface area contributed by atoms with Crippen LogP contribution in [0.3, 0.4) is 0 Å². The Kier molecular flexibility index (Phi) is 7.47. The highest BCUT2D eigenvalue weighted by molar-refractivity contribution is 14.1. The van der Waals surface area contributed by atoms with E-state index in [-0.39, 0.29) is 0 Å². The normalized spacial score (nSPS) is 10.6. The molecule has 0 heterocycles. The van der Waals surface area contributed by atoms with Gasteiger partial charge in [0.25, 0.3) is 0 Å². The first-order chi connectivity index (χ1) is 8.69. The van der Waals surface area contributed by atoms with Gasteiger partial charge in [-0.2, -0.15) is 0 Å². The molecule has 0 unspecified atom stereocenters. The van der Waals surface area contributed by atoms with Crippen molar-refractivity contribution in [2.45, 2.75) is 58.8 Å². The third kappa shape index (κ3) is 5.04. The van der Waals surface area contributed by atoms with E-state index in [1.54, 1.807) is 6.07 Å². The summed E-state index contributed by atoms with van der Waals surface area (Å²) < 4.78 is 5.26. The lowest BCUT2D eigenvalue weighted by atomic mass is 10.0. The third-order valence-corrected chi connectivity index (χ3v) is 3.73. The fourth-order valence-electron chi connectivity index (χ4n) is 2.09. The predicted molar refractivity (Wildman–Crippen MR) is 84.6 cm³/mol. The molecular formula is C15H23IO2. The fraction of sp³-hybridized carbons (Fsp3) is 0.600. The summed E-state index contributed by atoms with van der Waals surface area (Å²) in [4.78, 5) is 0. The van der Waals surface area contributed by atoms with Crippen LogP contribution < -0.4 is 3.07 Å². The van der Waals surface area contributed by atoms with Crippen molar-refractivity contribution in [3.05, 3.63) is 23.3 Å². The van der Waals surface area contributed by atoms with E-state index in [1.807, 2.05) is 36.0 Å². The van der Waals surface area contributed by atoms with Crippen molar-refractivity contribution < 1.29 is 8.17 Å². The topological polar surface area (TPSA) is 29.5 Å². The van der Waals surface area contributed by atoms with E-state index in [9.17, 15) is 5.11 Å². The molecule has 2 nitrogen and oxygen atoms in total. The highest BCUT2D eigenvalue weighted by Gasteiger charge is 2.07. The zero-order valence-corrected chi connectivity index (χ0v) is 13.5. The standard InChI is InChI=1S/C15H23IO2/c1-3-4-5-6-7-8-9-13-11-15(18-16)12(2)10-14(13)17/h10-11,17H,3-9H2,1-2H3. The lowest BCUT2D eigenvalue weighted by Gasteiger charge is -2.09. The number of phenols is 1. The Bertz CT molecular complexity index is 364. The SMILES string of the molecule is CCCCCCCCc1cc(OI)c(C)cc1O. The van der Waals surface area contributed by atoms with E-state index in [2.05, 4.69) is 6.92 Å². The van der Waals surface area contributed by atoms with Crippen LogP contribution in [0.2, 0.25) is 0 Å². The maximum Gasteiger partial charge on any atom is 0.192 e. The Hall–Kier alpha value is -0.450. The van der Waals surface area contributed by atoms with E-state index >= 15 is 0 Å². The molecule has 1 aromatic rings. The number of hydrogen-bond donors (Lipinski definition) is 1. The first kappa shape index (κ1) is 15.6. The van der Waals surface area contributed by atoms with Gasteiger partial charge in [-0.25, -0.2) is 0 Å². The van der Waals surface area contributed by atoms with Crippen LogP contribution in [0.15, 0.2) is 12.1 Å².